The molecule has 0 amide bonds. The minimum absolute atomic E-state index is 0.281. The molecule has 0 aromatic carbocycles. The number of nitrogens with one attached hydrogen (secondary N) is 1. The molecule has 0 aliphatic carbocycles. The molecule has 0 spiro atoms. The molecule has 1 unspecified atom stereocenters. The van der Waals surface area contributed by atoms with Gasteiger partial charge in [-0.3, -0.25) is 0 Å². The Morgan fingerprint density at radius 1 is 1.80 bits per heavy atom. The van der Waals surface area contributed by atoms with E-state index in [2.05, 4.69) is 15.6 Å². The second-order valence-corrected chi connectivity index (χ2v) is 3.45. The third-order valence-electron chi connectivity index (χ3n) is 2.40. The van der Waals surface area contributed by atoms with Gasteiger partial charge in [0.05, 0.1) is 18.8 Å². The summed E-state index contributed by atoms with van der Waals surface area (Å²) in [5.74, 6) is -0.408. The number of rotatable bonds is 3. The van der Waals surface area contributed by atoms with Crippen molar-refractivity contribution >= 4 is 5.97 Å². The van der Waals surface area contributed by atoms with E-state index in [0.29, 0.717) is 12.6 Å². The Balaban J connectivity index is 2.06. The van der Waals surface area contributed by atoms with Crippen LogP contribution < -0.4 is 5.32 Å². The average molecular weight is 210 g/mol. The molecule has 1 atom stereocenters. The molecule has 1 aromatic rings. The molecule has 2 rings (SSSR count). The standard InChI is InChI=1S/C9H14N4O2/c1-2-15-9(14)8-6-13(12-11-8)7-3-4-10-5-7/h6-7,10H,2-5H2,1H3. The predicted molar refractivity (Wildman–Crippen MR) is 52.5 cm³/mol. The Kier molecular flexibility index (Phi) is 2.96. The summed E-state index contributed by atoms with van der Waals surface area (Å²) in [7, 11) is 0. The number of ether oxygens (including phenoxy) is 1. The van der Waals surface area contributed by atoms with Gasteiger partial charge in [-0.2, -0.15) is 0 Å². The van der Waals surface area contributed by atoms with Crippen LogP contribution in [0.25, 0.3) is 0 Å². The van der Waals surface area contributed by atoms with Crippen molar-refractivity contribution in [2.45, 2.75) is 19.4 Å². The zero-order valence-electron chi connectivity index (χ0n) is 8.64. The maximum atomic E-state index is 11.3. The van der Waals surface area contributed by atoms with Gasteiger partial charge >= 0.3 is 5.97 Å². The van der Waals surface area contributed by atoms with Gasteiger partial charge in [0, 0.05) is 6.54 Å². The second-order valence-electron chi connectivity index (χ2n) is 3.45. The lowest BCUT2D eigenvalue weighted by molar-refractivity contribution is 0.0519. The quantitative estimate of drug-likeness (QED) is 0.710. The molecule has 1 aromatic heterocycles. The Morgan fingerprint density at radius 3 is 3.33 bits per heavy atom. The lowest BCUT2D eigenvalue weighted by Gasteiger charge is -2.05. The van der Waals surface area contributed by atoms with Crippen molar-refractivity contribution in [3.63, 3.8) is 0 Å². The van der Waals surface area contributed by atoms with E-state index < -0.39 is 5.97 Å². The fourth-order valence-electron chi connectivity index (χ4n) is 1.62. The van der Waals surface area contributed by atoms with E-state index >= 15 is 0 Å². The van der Waals surface area contributed by atoms with E-state index in [1.165, 1.54) is 0 Å². The van der Waals surface area contributed by atoms with Crippen LogP contribution in [0.2, 0.25) is 0 Å². The monoisotopic (exact) mass is 210 g/mol. The molecule has 1 N–H and O–H groups in total. The highest BCUT2D eigenvalue weighted by Gasteiger charge is 2.19. The topological polar surface area (TPSA) is 69.0 Å². The van der Waals surface area contributed by atoms with E-state index in [-0.39, 0.29) is 5.69 Å². The molecular formula is C9H14N4O2. The normalized spacial score (nSPS) is 20.5. The van der Waals surface area contributed by atoms with Gasteiger partial charge in [-0.25, -0.2) is 9.48 Å². The smallest absolute Gasteiger partial charge is 0.360 e. The minimum atomic E-state index is -0.408. The van der Waals surface area contributed by atoms with E-state index in [4.69, 9.17) is 4.74 Å². The first kappa shape index (κ1) is 10.1. The highest BCUT2D eigenvalue weighted by atomic mass is 16.5. The van der Waals surface area contributed by atoms with Crippen molar-refractivity contribution in [1.82, 2.24) is 20.3 Å². The molecule has 1 fully saturated rings. The van der Waals surface area contributed by atoms with Gasteiger partial charge in [-0.15, -0.1) is 5.10 Å². The summed E-state index contributed by atoms with van der Waals surface area (Å²) in [6.45, 7) is 3.99. The van der Waals surface area contributed by atoms with Gasteiger partial charge in [-0.05, 0) is 19.9 Å². The Hall–Kier alpha value is -1.43. The van der Waals surface area contributed by atoms with Crippen molar-refractivity contribution in [1.29, 1.82) is 0 Å². The molecule has 0 bridgehead atoms. The fourth-order valence-corrected chi connectivity index (χ4v) is 1.62. The highest BCUT2D eigenvalue weighted by molar-refractivity contribution is 5.86. The van der Waals surface area contributed by atoms with Gasteiger partial charge in [0.15, 0.2) is 5.69 Å². The van der Waals surface area contributed by atoms with Crippen LogP contribution >= 0.6 is 0 Å². The second kappa shape index (κ2) is 4.39. The van der Waals surface area contributed by atoms with E-state index in [1.807, 2.05) is 0 Å². The first-order valence-corrected chi connectivity index (χ1v) is 5.11. The largest absolute Gasteiger partial charge is 0.461 e. The molecule has 6 heteroatoms. The molecule has 1 aliphatic rings. The van der Waals surface area contributed by atoms with Gasteiger partial charge in [-0.1, -0.05) is 5.21 Å². The first-order chi connectivity index (χ1) is 7.31. The zero-order valence-corrected chi connectivity index (χ0v) is 8.64. The predicted octanol–water partition coefficient (Wildman–Crippen LogP) is -0.0108. The van der Waals surface area contributed by atoms with Gasteiger partial charge in [0.25, 0.3) is 0 Å². The van der Waals surface area contributed by atoms with Crippen molar-refractivity contribution in [2.75, 3.05) is 19.7 Å². The van der Waals surface area contributed by atoms with Crippen LogP contribution in [-0.2, 0) is 4.74 Å². The summed E-state index contributed by atoms with van der Waals surface area (Å²) in [6.07, 6.45) is 2.67. The van der Waals surface area contributed by atoms with Crippen molar-refractivity contribution in [3.8, 4) is 0 Å². The molecule has 15 heavy (non-hydrogen) atoms. The first-order valence-electron chi connectivity index (χ1n) is 5.11. The Bertz CT molecular complexity index is 344. The Morgan fingerprint density at radius 2 is 2.67 bits per heavy atom. The maximum Gasteiger partial charge on any atom is 0.360 e. The van der Waals surface area contributed by atoms with Gasteiger partial charge in [0.2, 0.25) is 0 Å². The SMILES string of the molecule is CCOC(=O)c1cn(C2CCNC2)nn1. The number of carbonyl (C=O) groups excluding carboxylic acids is 1. The number of nitrogens with zero attached hydrogens (tertiary/aromatic N) is 3. The highest BCUT2D eigenvalue weighted by Crippen LogP contribution is 2.13. The van der Waals surface area contributed by atoms with Crippen LogP contribution in [0.1, 0.15) is 29.9 Å². The van der Waals surface area contributed by atoms with Crippen LogP contribution in [0.5, 0.6) is 0 Å². The molecule has 0 radical (unpaired) electrons. The van der Waals surface area contributed by atoms with Crippen LogP contribution in [0.15, 0.2) is 6.20 Å². The zero-order chi connectivity index (χ0) is 10.7. The number of hydrogen-bond acceptors (Lipinski definition) is 5. The molecule has 1 aliphatic heterocycles. The summed E-state index contributed by atoms with van der Waals surface area (Å²) < 4.78 is 6.56. The van der Waals surface area contributed by atoms with Crippen molar-refractivity contribution in [3.05, 3.63) is 11.9 Å². The molecule has 6 nitrogen and oxygen atoms in total. The van der Waals surface area contributed by atoms with E-state index in [1.54, 1.807) is 17.8 Å². The maximum absolute atomic E-state index is 11.3. The van der Waals surface area contributed by atoms with E-state index in [9.17, 15) is 4.79 Å². The lowest BCUT2D eigenvalue weighted by atomic mass is 10.3. The summed E-state index contributed by atoms with van der Waals surface area (Å²) >= 11 is 0. The van der Waals surface area contributed by atoms with Crippen molar-refractivity contribution in [2.24, 2.45) is 0 Å². The molecule has 82 valence electrons. The summed E-state index contributed by atoms with van der Waals surface area (Å²) in [5, 5.41) is 10.9. The number of hydrogen-bond donors (Lipinski definition) is 1. The third-order valence-corrected chi connectivity index (χ3v) is 2.40. The van der Waals surface area contributed by atoms with Gasteiger partial charge in [0.1, 0.15) is 0 Å². The molecule has 0 saturated carbocycles. The van der Waals surface area contributed by atoms with Crippen LogP contribution in [-0.4, -0.2) is 40.7 Å². The van der Waals surface area contributed by atoms with Crippen LogP contribution in [0.4, 0.5) is 0 Å². The van der Waals surface area contributed by atoms with Crippen molar-refractivity contribution < 1.29 is 9.53 Å². The summed E-state index contributed by atoms with van der Waals surface area (Å²) in [6, 6.07) is 0.306. The van der Waals surface area contributed by atoms with Gasteiger partial charge < -0.3 is 10.1 Å². The average Bonchev–Trinajstić information content (AvgIpc) is 2.89. The molecular weight excluding hydrogens is 196 g/mol. The minimum Gasteiger partial charge on any atom is -0.461 e. The summed E-state index contributed by atoms with van der Waals surface area (Å²) in [4.78, 5) is 11.3. The Labute approximate surface area is 87.6 Å². The third kappa shape index (κ3) is 2.15. The fraction of sp³-hybridized carbons (Fsp3) is 0.667. The van der Waals surface area contributed by atoms with Crippen LogP contribution in [0, 0.1) is 0 Å². The summed E-state index contributed by atoms with van der Waals surface area (Å²) in [5.41, 5.74) is 0.281. The van der Waals surface area contributed by atoms with Crippen LogP contribution in [0.3, 0.4) is 0 Å². The number of carbonyl (C=O) groups is 1. The van der Waals surface area contributed by atoms with E-state index in [0.717, 1.165) is 19.5 Å². The number of aromatic nitrogens is 3. The number of esters is 1. The lowest BCUT2D eigenvalue weighted by Crippen LogP contribution is -2.13. The molecule has 1 saturated heterocycles. The molecule has 2 heterocycles.